The van der Waals surface area contributed by atoms with Crippen LogP contribution in [-0.4, -0.2) is 137 Å². The first-order valence-electron chi connectivity index (χ1n) is 16.2. The summed E-state index contributed by atoms with van der Waals surface area (Å²) in [4.78, 5) is 97.6. The molecule has 4 heterocycles. The van der Waals surface area contributed by atoms with E-state index in [9.17, 15) is 54.0 Å². The Morgan fingerprint density at radius 1 is 1.13 bits per heavy atom. The number of oxime groups is 1. The van der Waals surface area contributed by atoms with Gasteiger partial charge in [-0.25, -0.2) is 14.6 Å². The maximum atomic E-state index is 13.5. The van der Waals surface area contributed by atoms with Crippen molar-refractivity contribution >= 4 is 86.8 Å². The van der Waals surface area contributed by atoms with Gasteiger partial charge in [-0.1, -0.05) is 16.8 Å². The van der Waals surface area contributed by atoms with E-state index in [1.54, 1.807) is 0 Å². The van der Waals surface area contributed by atoms with Gasteiger partial charge in [-0.05, 0) is 12.1 Å². The lowest BCUT2D eigenvalue weighted by Crippen LogP contribution is -2.63. The van der Waals surface area contributed by atoms with E-state index in [0.717, 1.165) is 41.2 Å². The van der Waals surface area contributed by atoms with Gasteiger partial charge in [0.25, 0.3) is 5.91 Å². The number of nitrogens with zero attached hydrogens (tertiary/aromatic N) is 4. The standard InChI is InChI=1S/C32H33ClN6O13S2/c33-17-7-14(8-20(41)26(17)45)25(44)27(46)35-3-6-39(4-1-2-5-39)11-15-12-53-29-16(28(47)38(29)24(15)31(50)51)9-19(40)23(18-13-54-32(34)36-18)37-52-21(30(48)49)10-22(42)43/h7-8,13,16,21,29H,1-6,9-12H2,(H7-,34,35,36,37,40,41,42,43,44,45,46,48,49,50,51)/p+1/t16-,21+,29-/m1/s1. The average Bonchev–Trinajstić information content (AvgIpc) is 3.76. The van der Waals surface area contributed by atoms with Gasteiger partial charge in [0.15, 0.2) is 28.1 Å². The number of quaternary nitrogens is 1. The number of likely N-dealkylation sites (tertiary alicyclic amines) is 1. The molecule has 2 fully saturated rings. The van der Waals surface area contributed by atoms with Gasteiger partial charge in [-0.2, -0.15) is 0 Å². The van der Waals surface area contributed by atoms with Crippen LogP contribution in [0.3, 0.4) is 0 Å². The lowest BCUT2D eigenvalue weighted by Gasteiger charge is -2.50. The first kappa shape index (κ1) is 39.9. The number of fused-ring (bicyclic) bond motifs is 1. The van der Waals surface area contributed by atoms with Crippen LogP contribution in [0.25, 0.3) is 0 Å². The molecule has 2 aromatic rings. The Kier molecular flexibility index (Phi) is 12.1. The molecule has 0 spiro atoms. The molecule has 3 atom stereocenters. The number of halogens is 1. The lowest BCUT2D eigenvalue weighted by molar-refractivity contribution is -0.911. The molecule has 8 N–H and O–H groups in total. The van der Waals surface area contributed by atoms with Crippen LogP contribution >= 0.6 is 34.7 Å². The number of aliphatic carboxylic acids is 3. The van der Waals surface area contributed by atoms with Crippen LogP contribution in [0.1, 0.15) is 41.7 Å². The number of carboxylic acids is 3. The van der Waals surface area contributed by atoms with Crippen LogP contribution < -0.4 is 11.1 Å². The highest BCUT2D eigenvalue weighted by molar-refractivity contribution is 8.00. The van der Waals surface area contributed by atoms with Crippen molar-refractivity contribution in [3.05, 3.63) is 45.1 Å². The Morgan fingerprint density at radius 3 is 2.43 bits per heavy atom. The Hall–Kier alpha value is -5.25. The number of anilines is 1. The molecule has 1 aromatic carbocycles. The molecule has 19 nitrogen and oxygen atoms in total. The SMILES string of the molecule is Nc1nc(/C(=N/O[C@@H](CC(=O)O)C(=O)O)C(=O)C[C@@H]2C(=O)N3C(C(=O)O)=C(C[N+]4(CCNC(=O)C(=O)c5cc(O)c(O)c(Cl)c5)CCCC4)CS[C@H]23)cs1. The maximum Gasteiger partial charge on any atom is 0.352 e. The van der Waals surface area contributed by atoms with E-state index in [1.807, 2.05) is 0 Å². The molecule has 0 aliphatic carbocycles. The summed E-state index contributed by atoms with van der Waals surface area (Å²) >= 11 is 8.02. The molecule has 22 heteroatoms. The fraction of sp³-hybridized carbons (Fsp3) is 0.406. The third-order valence-corrected chi connectivity index (χ3v) is 11.5. The number of amides is 2. The van der Waals surface area contributed by atoms with Crippen LogP contribution in [-0.2, 0) is 33.6 Å². The number of Topliss-reactive ketones (excluding diaryl/α,β-unsaturated/α-hetero) is 2. The van der Waals surface area contributed by atoms with E-state index in [1.165, 1.54) is 17.1 Å². The molecule has 3 aliphatic heterocycles. The average molecular weight is 810 g/mol. The third kappa shape index (κ3) is 8.59. The van der Waals surface area contributed by atoms with Gasteiger partial charge in [0.1, 0.15) is 17.9 Å². The van der Waals surface area contributed by atoms with Crippen molar-refractivity contribution in [1.29, 1.82) is 0 Å². The number of thioether (sulfide) groups is 1. The van der Waals surface area contributed by atoms with E-state index >= 15 is 0 Å². The molecule has 0 radical (unpaired) electrons. The van der Waals surface area contributed by atoms with E-state index in [2.05, 4.69) is 15.5 Å². The van der Waals surface area contributed by atoms with Crippen molar-refractivity contribution in [3.8, 4) is 11.5 Å². The number of nitrogens with one attached hydrogen (secondary N) is 1. The summed E-state index contributed by atoms with van der Waals surface area (Å²) in [5.74, 6) is -9.93. The highest BCUT2D eigenvalue weighted by atomic mass is 35.5. The second-order valence-electron chi connectivity index (χ2n) is 12.7. The Balaban J connectivity index is 1.28. The molecular weight excluding hydrogens is 776 g/mol. The lowest BCUT2D eigenvalue weighted by atomic mass is 9.89. The number of phenols is 2. The number of aromatic nitrogens is 1. The Bertz CT molecular complexity index is 1960. The van der Waals surface area contributed by atoms with Crippen molar-refractivity contribution in [2.75, 3.05) is 44.2 Å². The van der Waals surface area contributed by atoms with E-state index < -0.39 is 88.7 Å². The fourth-order valence-corrected chi connectivity index (χ4v) is 8.69. The predicted octanol–water partition coefficient (Wildman–Crippen LogP) is 0.877. The summed E-state index contributed by atoms with van der Waals surface area (Å²) in [5, 5.41) is 54.6. The molecule has 2 saturated heterocycles. The normalized spacial score (nSPS) is 19.8. The van der Waals surface area contributed by atoms with Crippen molar-refractivity contribution in [2.45, 2.75) is 37.2 Å². The fourth-order valence-electron chi connectivity index (χ4n) is 6.52. The number of ketones is 2. The summed E-state index contributed by atoms with van der Waals surface area (Å²) in [6.45, 7) is 1.89. The smallest absolute Gasteiger partial charge is 0.352 e. The van der Waals surface area contributed by atoms with Crippen molar-refractivity contribution in [2.24, 2.45) is 11.1 Å². The van der Waals surface area contributed by atoms with E-state index in [4.69, 9.17) is 27.3 Å². The quantitative estimate of drug-likeness (QED) is 0.0222. The summed E-state index contributed by atoms with van der Waals surface area (Å²) < 4.78 is 0.372. The second kappa shape index (κ2) is 16.4. The number of carboxylic acid groups (broad SMARTS) is 3. The largest absolute Gasteiger partial charge is 0.504 e. The minimum absolute atomic E-state index is 0.0400. The number of rotatable bonds is 17. The van der Waals surface area contributed by atoms with E-state index in [-0.39, 0.29) is 46.0 Å². The number of benzene rings is 1. The van der Waals surface area contributed by atoms with Crippen LogP contribution in [0, 0.1) is 5.92 Å². The number of hydrogen-bond acceptors (Lipinski definition) is 15. The van der Waals surface area contributed by atoms with E-state index in [0.29, 0.717) is 29.7 Å². The highest BCUT2D eigenvalue weighted by Crippen LogP contribution is 2.46. The van der Waals surface area contributed by atoms with Crippen molar-refractivity contribution < 1.29 is 68.4 Å². The summed E-state index contributed by atoms with van der Waals surface area (Å²) in [5.41, 5.74) is 5.17. The number of thiazole rings is 1. The molecule has 2 amide bonds. The third-order valence-electron chi connectivity index (χ3n) is 9.13. The molecule has 3 aliphatic rings. The number of phenolic OH excluding ortho intramolecular Hbond substituents is 2. The van der Waals surface area contributed by atoms with Gasteiger partial charge >= 0.3 is 17.9 Å². The first-order chi connectivity index (χ1) is 25.5. The topological polar surface area (TPSA) is 296 Å². The molecule has 5 rings (SSSR count). The maximum absolute atomic E-state index is 13.5. The Labute approximate surface area is 318 Å². The summed E-state index contributed by atoms with van der Waals surface area (Å²) in [6.07, 6.45) is -1.73. The van der Waals surface area contributed by atoms with Crippen LogP contribution in [0.5, 0.6) is 11.5 Å². The first-order valence-corrected chi connectivity index (χ1v) is 18.5. The molecule has 54 heavy (non-hydrogen) atoms. The predicted molar refractivity (Wildman–Crippen MR) is 190 cm³/mol. The molecular formula is C32H34ClN6O13S2+. The zero-order valence-electron chi connectivity index (χ0n) is 28.1. The monoisotopic (exact) mass is 809 g/mol. The van der Waals surface area contributed by atoms with Gasteiger partial charge in [0.05, 0.1) is 48.9 Å². The van der Waals surface area contributed by atoms with Crippen molar-refractivity contribution in [3.63, 3.8) is 0 Å². The summed E-state index contributed by atoms with van der Waals surface area (Å²) in [6, 6.07) is 1.97. The Morgan fingerprint density at radius 2 is 1.83 bits per heavy atom. The van der Waals surface area contributed by atoms with Crippen LogP contribution in [0.2, 0.25) is 5.02 Å². The number of nitrogens with two attached hydrogens (primary N) is 1. The van der Waals surface area contributed by atoms with Gasteiger partial charge in [0, 0.05) is 41.5 Å². The van der Waals surface area contributed by atoms with Gasteiger partial charge in [-0.3, -0.25) is 28.9 Å². The van der Waals surface area contributed by atoms with Gasteiger partial charge < -0.3 is 45.9 Å². The van der Waals surface area contributed by atoms with Crippen LogP contribution in [0.15, 0.2) is 33.9 Å². The number of β-lactam (4-membered cyclic amide) rings is 1. The molecule has 0 saturated carbocycles. The molecule has 1 aromatic heterocycles. The molecule has 288 valence electrons. The van der Waals surface area contributed by atoms with Crippen LogP contribution in [0.4, 0.5) is 5.13 Å². The van der Waals surface area contributed by atoms with Crippen molar-refractivity contribution in [1.82, 2.24) is 15.2 Å². The molecule has 0 bridgehead atoms. The van der Waals surface area contributed by atoms with Gasteiger partial charge in [0.2, 0.25) is 17.8 Å². The second-order valence-corrected chi connectivity index (χ2v) is 15.1. The number of aromatic hydroxyl groups is 2. The minimum Gasteiger partial charge on any atom is -0.504 e. The molecule has 0 unspecified atom stereocenters. The number of hydrogen-bond donors (Lipinski definition) is 7. The zero-order valence-corrected chi connectivity index (χ0v) is 30.5. The minimum atomic E-state index is -1.93. The number of nitrogen functional groups attached to an aromatic ring is 1. The highest BCUT2D eigenvalue weighted by Gasteiger charge is 2.55. The number of carbonyl (C=O) groups is 7. The summed E-state index contributed by atoms with van der Waals surface area (Å²) in [7, 11) is 0. The van der Waals surface area contributed by atoms with Gasteiger partial charge in [-0.15, -0.1) is 23.1 Å². The number of carbonyl (C=O) groups excluding carboxylic acids is 4. The zero-order chi connectivity index (χ0) is 39.5.